The van der Waals surface area contributed by atoms with Crippen molar-refractivity contribution in [3.05, 3.63) is 6.33 Å². The molecule has 14 nitrogen and oxygen atoms in total. The molecule has 0 aliphatic carbocycles. The Kier molecular flexibility index (Phi) is 17.3. The van der Waals surface area contributed by atoms with E-state index in [0.29, 0.717) is 6.61 Å². The first-order valence-corrected chi connectivity index (χ1v) is 18.6. The molecule has 2 aromatic rings. The Balaban J connectivity index is 1.33. The van der Waals surface area contributed by atoms with Gasteiger partial charge in [-0.25, -0.2) is 15.0 Å². The van der Waals surface area contributed by atoms with Crippen LogP contribution in [0.4, 0.5) is 5.82 Å². The summed E-state index contributed by atoms with van der Waals surface area (Å²) in [5.74, 6) is -0.219. The topological polar surface area (TPSA) is 216 Å². The Morgan fingerprint density at radius 3 is 2.00 bits per heavy atom. The lowest BCUT2D eigenvalue weighted by molar-refractivity contribution is -0.0511. The minimum atomic E-state index is -4.69. The van der Waals surface area contributed by atoms with Gasteiger partial charge in [-0.05, 0) is 6.42 Å². The summed E-state index contributed by atoms with van der Waals surface area (Å²) >= 11 is 0. The van der Waals surface area contributed by atoms with Crippen molar-refractivity contribution in [2.24, 2.45) is 0 Å². The summed E-state index contributed by atoms with van der Waals surface area (Å²) in [6, 6.07) is 0. The number of ether oxygens (including phenoxy) is 2. The molecule has 0 bridgehead atoms. The summed E-state index contributed by atoms with van der Waals surface area (Å²) in [5, 5.41) is 39.7. The highest BCUT2D eigenvalue weighted by molar-refractivity contribution is 7.60. The number of nitrogens with two attached hydrogens (primary N) is 1. The molecule has 1 fully saturated rings. The van der Waals surface area contributed by atoms with E-state index in [2.05, 4.69) is 21.9 Å². The van der Waals surface area contributed by atoms with Gasteiger partial charge in [-0.2, -0.15) is 0 Å². The number of aliphatic hydroxyl groups excluding tert-OH is 4. The lowest BCUT2D eigenvalue weighted by atomic mass is 10.0. The van der Waals surface area contributed by atoms with Crippen molar-refractivity contribution in [1.82, 2.24) is 19.5 Å². The standard InChI is InChI=1S/C31H56N5O9P/c1-2-3-4-5-6-7-8-9-10-11-12-13-14-15-16-17-18-43-21-23(19-37)45-46(41,42)31-34-28(32)25-29(35-31)36(22-33-25)30-27(40)26(39)24(20-38)44-30/h22-24,26-27,30,37-40H,2-21H2,1H3,(H,41,42)(H2,32,34,35)/t23-,24+,26+,27-,30+/m0/s1. The predicted octanol–water partition coefficient (Wildman–Crippen LogP) is 3.49. The van der Waals surface area contributed by atoms with Gasteiger partial charge in [-0.1, -0.05) is 103 Å². The molecule has 1 saturated heterocycles. The van der Waals surface area contributed by atoms with Crippen LogP contribution in [0, 0.1) is 0 Å². The van der Waals surface area contributed by atoms with Gasteiger partial charge in [-0.15, -0.1) is 0 Å². The van der Waals surface area contributed by atoms with Crippen LogP contribution in [-0.2, 0) is 18.6 Å². The van der Waals surface area contributed by atoms with Gasteiger partial charge < -0.3 is 40.5 Å². The molecular weight excluding hydrogens is 617 g/mol. The molecule has 46 heavy (non-hydrogen) atoms. The van der Waals surface area contributed by atoms with Gasteiger partial charge >= 0.3 is 7.60 Å². The third-order valence-electron chi connectivity index (χ3n) is 8.42. The minimum Gasteiger partial charge on any atom is -0.394 e. The van der Waals surface area contributed by atoms with Gasteiger partial charge in [0, 0.05) is 6.61 Å². The van der Waals surface area contributed by atoms with Crippen LogP contribution in [0.1, 0.15) is 116 Å². The monoisotopic (exact) mass is 673 g/mol. The first kappa shape index (κ1) is 38.7. The van der Waals surface area contributed by atoms with Crippen LogP contribution in [0.25, 0.3) is 11.2 Å². The van der Waals surface area contributed by atoms with Crippen LogP contribution in [0.2, 0.25) is 0 Å². The van der Waals surface area contributed by atoms with Crippen molar-refractivity contribution >= 4 is 30.1 Å². The molecule has 15 heteroatoms. The van der Waals surface area contributed by atoms with Crippen molar-refractivity contribution in [3.63, 3.8) is 0 Å². The number of hydrogen-bond donors (Lipinski definition) is 6. The zero-order valence-electron chi connectivity index (χ0n) is 27.3. The van der Waals surface area contributed by atoms with Crippen molar-refractivity contribution in [3.8, 4) is 0 Å². The van der Waals surface area contributed by atoms with Gasteiger partial charge in [0.25, 0.3) is 0 Å². The number of unbranched alkanes of at least 4 members (excludes halogenated alkanes) is 15. The fraction of sp³-hybridized carbons (Fsp3) is 0.839. The van der Waals surface area contributed by atoms with E-state index in [1.165, 1.54) is 94.4 Å². The second-order valence-electron chi connectivity index (χ2n) is 12.3. The number of rotatable bonds is 25. The normalized spacial score (nSPS) is 22.0. The second-order valence-corrected chi connectivity index (χ2v) is 13.9. The molecule has 7 N–H and O–H groups in total. The molecule has 0 radical (unpaired) electrons. The lowest BCUT2D eigenvalue weighted by Gasteiger charge is -2.20. The molecular formula is C31H56N5O9P. The van der Waals surface area contributed by atoms with E-state index in [9.17, 15) is 29.9 Å². The van der Waals surface area contributed by atoms with E-state index in [0.717, 1.165) is 19.3 Å². The van der Waals surface area contributed by atoms with Crippen molar-refractivity contribution in [2.45, 2.75) is 140 Å². The Morgan fingerprint density at radius 2 is 1.48 bits per heavy atom. The van der Waals surface area contributed by atoms with E-state index in [4.69, 9.17) is 19.7 Å². The number of nitrogen functional groups attached to an aromatic ring is 1. The van der Waals surface area contributed by atoms with Gasteiger partial charge in [0.2, 0.25) is 5.57 Å². The quantitative estimate of drug-likeness (QED) is 0.0658. The number of hydrogen-bond acceptors (Lipinski definition) is 12. The van der Waals surface area contributed by atoms with E-state index in [-0.39, 0.29) is 23.6 Å². The second kappa shape index (κ2) is 20.6. The van der Waals surface area contributed by atoms with Gasteiger partial charge in [0.15, 0.2) is 17.7 Å². The number of imidazole rings is 1. The average Bonchev–Trinajstić information content (AvgIpc) is 3.59. The molecule has 1 aliphatic rings. The van der Waals surface area contributed by atoms with Crippen LogP contribution >= 0.6 is 7.60 Å². The molecule has 3 heterocycles. The maximum absolute atomic E-state index is 13.1. The fourth-order valence-corrected chi connectivity index (χ4v) is 6.76. The summed E-state index contributed by atoms with van der Waals surface area (Å²) in [4.78, 5) is 22.8. The van der Waals surface area contributed by atoms with Crippen LogP contribution in [0.15, 0.2) is 6.33 Å². The summed E-state index contributed by atoms with van der Waals surface area (Å²) in [7, 11) is -4.69. The number of nitrogens with zero attached hydrogens (tertiary/aromatic N) is 4. The Hall–Kier alpha value is -1.74. The first-order chi connectivity index (χ1) is 22.2. The van der Waals surface area contributed by atoms with E-state index in [1.807, 2.05) is 0 Å². The highest BCUT2D eigenvalue weighted by atomic mass is 31.2. The number of aliphatic hydroxyl groups is 4. The fourth-order valence-electron chi connectivity index (χ4n) is 5.68. The van der Waals surface area contributed by atoms with Crippen molar-refractivity contribution in [1.29, 1.82) is 0 Å². The predicted molar refractivity (Wildman–Crippen MR) is 175 cm³/mol. The Bertz CT molecular complexity index is 1190. The number of anilines is 1. The highest BCUT2D eigenvalue weighted by Crippen LogP contribution is 2.42. The summed E-state index contributed by atoms with van der Waals surface area (Å²) in [5.41, 5.74) is 5.36. The Morgan fingerprint density at radius 1 is 0.913 bits per heavy atom. The molecule has 2 aromatic heterocycles. The van der Waals surface area contributed by atoms with Gasteiger partial charge in [-0.3, -0.25) is 13.7 Å². The largest absolute Gasteiger partial charge is 0.396 e. The molecule has 6 atom stereocenters. The zero-order chi connectivity index (χ0) is 33.4. The molecule has 0 aromatic carbocycles. The van der Waals surface area contributed by atoms with Crippen LogP contribution in [0.3, 0.4) is 0 Å². The van der Waals surface area contributed by atoms with Gasteiger partial charge in [0.1, 0.15) is 29.9 Å². The average molecular weight is 674 g/mol. The summed E-state index contributed by atoms with van der Waals surface area (Å²) < 4.78 is 30.8. The van der Waals surface area contributed by atoms with E-state index < -0.39 is 57.0 Å². The maximum Gasteiger partial charge on any atom is 0.396 e. The third-order valence-corrected chi connectivity index (χ3v) is 9.71. The summed E-state index contributed by atoms with van der Waals surface area (Å²) in [6.45, 7) is 1.49. The molecule has 1 unspecified atom stereocenters. The van der Waals surface area contributed by atoms with Crippen LogP contribution in [0.5, 0.6) is 0 Å². The van der Waals surface area contributed by atoms with Crippen molar-refractivity contribution in [2.75, 3.05) is 32.2 Å². The molecule has 1 aliphatic heterocycles. The maximum atomic E-state index is 13.1. The van der Waals surface area contributed by atoms with Gasteiger partial charge in [0.05, 0.1) is 26.1 Å². The van der Waals surface area contributed by atoms with E-state index in [1.54, 1.807) is 0 Å². The number of aromatic nitrogens is 4. The highest BCUT2D eigenvalue weighted by Gasteiger charge is 2.44. The molecule has 264 valence electrons. The Labute approximate surface area is 272 Å². The number of fused-ring (bicyclic) bond motifs is 1. The minimum absolute atomic E-state index is 0.0458. The molecule has 0 spiro atoms. The SMILES string of the molecule is CCCCCCCCCCCCCCCCCCOC[C@H](CO)OP(=O)(O)c1nc(N)c2ncn([C@@H]3O[C@H](CO)[C@@H](O)[C@@H]3O)c2n1. The summed E-state index contributed by atoms with van der Waals surface area (Å²) in [6.07, 6.45) is 15.4. The molecule has 0 amide bonds. The third kappa shape index (κ3) is 11.7. The molecule has 0 saturated carbocycles. The smallest absolute Gasteiger partial charge is 0.394 e. The van der Waals surface area contributed by atoms with Crippen molar-refractivity contribution < 1.29 is 43.9 Å². The first-order valence-electron chi connectivity index (χ1n) is 17.1. The van der Waals surface area contributed by atoms with E-state index >= 15 is 0 Å². The zero-order valence-corrected chi connectivity index (χ0v) is 28.2. The van der Waals surface area contributed by atoms with Crippen LogP contribution in [-0.4, -0.2) is 95.7 Å². The lowest BCUT2D eigenvalue weighted by Crippen LogP contribution is -2.33. The van der Waals surface area contributed by atoms with Crippen LogP contribution < -0.4 is 11.3 Å². The molecule has 3 rings (SSSR count).